The standard InChI is InChI=1S/C14H13Cl2N5/c1-8(14-18-7-19-21(14)20-9(2)15)11-5-12(11)13-4-3-10(16)6-17-13/h3-4,6-7,11-12H,1,5H2,2H3/b20-9+/t11-,12+/m1/s1. The first-order valence-electron chi connectivity index (χ1n) is 6.48. The Morgan fingerprint density at radius 3 is 2.90 bits per heavy atom. The molecule has 0 N–H and O–H groups in total. The van der Waals surface area contributed by atoms with Crippen LogP contribution in [0, 0.1) is 5.92 Å². The van der Waals surface area contributed by atoms with E-state index >= 15 is 0 Å². The summed E-state index contributed by atoms with van der Waals surface area (Å²) in [6, 6.07) is 3.80. The summed E-state index contributed by atoms with van der Waals surface area (Å²) >= 11 is 11.6. The van der Waals surface area contributed by atoms with Gasteiger partial charge in [0.2, 0.25) is 0 Å². The van der Waals surface area contributed by atoms with Gasteiger partial charge >= 0.3 is 0 Å². The molecule has 1 saturated carbocycles. The molecule has 3 rings (SSSR count). The molecule has 21 heavy (non-hydrogen) atoms. The van der Waals surface area contributed by atoms with Crippen LogP contribution in [-0.2, 0) is 0 Å². The Kier molecular flexibility index (Phi) is 3.78. The van der Waals surface area contributed by atoms with Gasteiger partial charge in [-0.3, -0.25) is 4.98 Å². The molecule has 2 aromatic heterocycles. The number of allylic oxidation sites excluding steroid dienone is 1. The van der Waals surface area contributed by atoms with Gasteiger partial charge in [0.05, 0.1) is 5.02 Å². The molecule has 0 bridgehead atoms. The molecule has 0 amide bonds. The third-order valence-electron chi connectivity index (χ3n) is 3.42. The number of hydrogen-bond donors (Lipinski definition) is 0. The first kappa shape index (κ1) is 14.2. The second-order valence-corrected chi connectivity index (χ2v) is 5.93. The molecule has 2 heterocycles. The fraction of sp³-hybridized carbons (Fsp3) is 0.286. The summed E-state index contributed by atoms with van der Waals surface area (Å²) in [5, 5.41) is 9.16. The number of rotatable bonds is 4. The van der Waals surface area contributed by atoms with Crippen LogP contribution in [0.5, 0.6) is 0 Å². The largest absolute Gasteiger partial charge is 0.259 e. The highest BCUT2D eigenvalue weighted by atomic mass is 35.5. The molecule has 0 aliphatic heterocycles. The van der Waals surface area contributed by atoms with Crippen molar-refractivity contribution in [3.8, 4) is 0 Å². The summed E-state index contributed by atoms with van der Waals surface area (Å²) < 4.78 is 0. The molecule has 1 aliphatic carbocycles. The molecular weight excluding hydrogens is 309 g/mol. The van der Waals surface area contributed by atoms with E-state index in [0.29, 0.717) is 27.9 Å². The molecule has 2 aromatic rings. The minimum atomic E-state index is 0.299. The second-order valence-electron chi connectivity index (χ2n) is 4.95. The molecular formula is C14H13Cl2N5. The highest BCUT2D eigenvalue weighted by Crippen LogP contribution is 2.53. The van der Waals surface area contributed by atoms with Crippen LogP contribution < -0.4 is 0 Å². The number of hydrogen-bond acceptors (Lipinski definition) is 4. The van der Waals surface area contributed by atoms with Crippen molar-refractivity contribution in [1.82, 2.24) is 19.9 Å². The molecule has 0 radical (unpaired) electrons. The molecule has 0 spiro atoms. The normalized spacial score (nSPS) is 21.4. The number of aromatic nitrogens is 4. The smallest absolute Gasteiger partial charge is 0.178 e. The van der Waals surface area contributed by atoms with Crippen LogP contribution in [0.2, 0.25) is 5.02 Å². The van der Waals surface area contributed by atoms with E-state index in [1.807, 2.05) is 12.1 Å². The molecule has 7 heteroatoms. The molecule has 1 aliphatic rings. The summed E-state index contributed by atoms with van der Waals surface area (Å²) in [5.41, 5.74) is 1.92. The highest BCUT2D eigenvalue weighted by molar-refractivity contribution is 6.64. The van der Waals surface area contributed by atoms with Crippen molar-refractivity contribution in [3.05, 3.63) is 47.8 Å². The van der Waals surface area contributed by atoms with Gasteiger partial charge in [0, 0.05) is 17.8 Å². The van der Waals surface area contributed by atoms with Crippen LogP contribution in [0.1, 0.15) is 30.8 Å². The van der Waals surface area contributed by atoms with E-state index in [1.54, 1.807) is 13.1 Å². The van der Waals surface area contributed by atoms with Crippen LogP contribution >= 0.6 is 23.2 Å². The second kappa shape index (κ2) is 5.58. The lowest BCUT2D eigenvalue weighted by atomic mass is 10.1. The predicted octanol–water partition coefficient (Wildman–Crippen LogP) is 3.56. The molecule has 0 saturated heterocycles. The quantitative estimate of drug-likeness (QED) is 0.809. The minimum Gasteiger partial charge on any atom is -0.259 e. The summed E-state index contributed by atoms with van der Waals surface area (Å²) in [5.74, 6) is 1.28. The number of pyridine rings is 1. The van der Waals surface area contributed by atoms with Crippen molar-refractivity contribution in [3.63, 3.8) is 0 Å². The third-order valence-corrected chi connectivity index (χ3v) is 3.72. The molecule has 5 nitrogen and oxygen atoms in total. The van der Waals surface area contributed by atoms with Crippen LogP contribution in [0.25, 0.3) is 5.57 Å². The fourth-order valence-electron chi connectivity index (χ4n) is 2.33. The summed E-state index contributed by atoms with van der Waals surface area (Å²) in [6.07, 6.45) is 4.10. The van der Waals surface area contributed by atoms with E-state index < -0.39 is 0 Å². The van der Waals surface area contributed by atoms with Gasteiger partial charge in [0.1, 0.15) is 11.5 Å². The average Bonchev–Trinajstić information content (AvgIpc) is 3.11. The van der Waals surface area contributed by atoms with Gasteiger partial charge in [-0.15, -0.1) is 15.0 Å². The minimum absolute atomic E-state index is 0.299. The van der Waals surface area contributed by atoms with Gasteiger partial charge in [0.25, 0.3) is 0 Å². The van der Waals surface area contributed by atoms with Crippen LogP contribution in [0.3, 0.4) is 0 Å². The number of nitrogens with zero attached hydrogens (tertiary/aromatic N) is 5. The Morgan fingerprint density at radius 1 is 1.43 bits per heavy atom. The van der Waals surface area contributed by atoms with Gasteiger partial charge in [-0.1, -0.05) is 29.8 Å². The molecule has 2 atom stereocenters. The highest BCUT2D eigenvalue weighted by Gasteiger charge is 2.42. The average molecular weight is 322 g/mol. The van der Waals surface area contributed by atoms with E-state index in [-0.39, 0.29) is 0 Å². The van der Waals surface area contributed by atoms with Gasteiger partial charge < -0.3 is 0 Å². The Balaban J connectivity index is 1.78. The van der Waals surface area contributed by atoms with E-state index in [4.69, 9.17) is 23.2 Å². The Morgan fingerprint density at radius 2 is 2.24 bits per heavy atom. The molecule has 108 valence electrons. The summed E-state index contributed by atoms with van der Waals surface area (Å²) in [7, 11) is 0. The first-order chi connectivity index (χ1) is 10.1. The van der Waals surface area contributed by atoms with Crippen molar-refractivity contribution >= 4 is 33.9 Å². The Bertz CT molecular complexity index is 700. The topological polar surface area (TPSA) is 56.0 Å². The predicted molar refractivity (Wildman–Crippen MR) is 83.5 cm³/mol. The van der Waals surface area contributed by atoms with Gasteiger partial charge in [0.15, 0.2) is 5.82 Å². The Labute approximate surface area is 132 Å². The maximum atomic E-state index is 5.86. The zero-order chi connectivity index (χ0) is 15.0. The zero-order valence-electron chi connectivity index (χ0n) is 11.4. The van der Waals surface area contributed by atoms with Gasteiger partial charge in [-0.25, -0.2) is 4.98 Å². The van der Waals surface area contributed by atoms with Gasteiger partial charge in [-0.2, -0.15) is 0 Å². The van der Waals surface area contributed by atoms with Crippen LogP contribution in [-0.4, -0.2) is 25.0 Å². The SMILES string of the molecule is C=C(c1ncnn1/N=C(\C)Cl)[C@H]1C[C@@H]1c1ccc(Cl)cn1. The molecule has 0 unspecified atom stereocenters. The van der Waals surface area contributed by atoms with Crippen molar-refractivity contribution in [2.45, 2.75) is 19.3 Å². The van der Waals surface area contributed by atoms with E-state index in [0.717, 1.165) is 17.7 Å². The van der Waals surface area contributed by atoms with Crippen LogP contribution in [0.15, 0.2) is 36.3 Å². The van der Waals surface area contributed by atoms with Crippen molar-refractivity contribution in [1.29, 1.82) is 0 Å². The summed E-state index contributed by atoms with van der Waals surface area (Å²) in [4.78, 5) is 9.99. The lowest BCUT2D eigenvalue weighted by molar-refractivity contribution is 0.722. The Hall–Kier alpha value is -1.72. The van der Waals surface area contributed by atoms with Crippen molar-refractivity contribution < 1.29 is 0 Å². The zero-order valence-corrected chi connectivity index (χ0v) is 12.9. The summed E-state index contributed by atoms with van der Waals surface area (Å²) in [6.45, 7) is 5.82. The maximum Gasteiger partial charge on any atom is 0.178 e. The lowest BCUT2D eigenvalue weighted by Gasteiger charge is -2.04. The van der Waals surface area contributed by atoms with E-state index in [2.05, 4.69) is 26.7 Å². The van der Waals surface area contributed by atoms with Crippen LogP contribution in [0.4, 0.5) is 0 Å². The van der Waals surface area contributed by atoms with Crippen molar-refractivity contribution in [2.75, 3.05) is 0 Å². The third kappa shape index (κ3) is 2.99. The molecule has 0 aromatic carbocycles. The number of halogens is 2. The monoisotopic (exact) mass is 321 g/mol. The first-order valence-corrected chi connectivity index (χ1v) is 7.23. The lowest BCUT2D eigenvalue weighted by Crippen LogP contribution is -2.02. The fourth-order valence-corrected chi connectivity index (χ4v) is 2.51. The van der Waals surface area contributed by atoms with Gasteiger partial charge in [-0.05, 0) is 37.0 Å². The van der Waals surface area contributed by atoms with Crippen molar-refractivity contribution in [2.24, 2.45) is 11.0 Å². The van der Waals surface area contributed by atoms with E-state index in [9.17, 15) is 0 Å². The molecule has 1 fully saturated rings. The van der Waals surface area contributed by atoms with E-state index in [1.165, 1.54) is 11.1 Å². The maximum absolute atomic E-state index is 5.86.